The maximum absolute atomic E-state index is 12.0. The predicted octanol–water partition coefficient (Wildman–Crippen LogP) is 4.90. The fourth-order valence-electron chi connectivity index (χ4n) is 1.64. The number of ketones is 2. The van der Waals surface area contributed by atoms with E-state index < -0.39 is 0 Å². The summed E-state index contributed by atoms with van der Waals surface area (Å²) in [6.07, 6.45) is 0.344. The van der Waals surface area contributed by atoms with Crippen LogP contribution in [0.2, 0.25) is 10.0 Å². The van der Waals surface area contributed by atoms with Gasteiger partial charge in [-0.1, -0.05) is 29.3 Å². The van der Waals surface area contributed by atoms with Crippen LogP contribution in [0.3, 0.4) is 0 Å². The molecule has 1 aromatic carbocycles. The first-order chi connectivity index (χ1) is 9.08. The van der Waals surface area contributed by atoms with Crippen LogP contribution in [0, 0.1) is 0 Å². The summed E-state index contributed by atoms with van der Waals surface area (Å²) in [5, 5.41) is 2.64. The van der Waals surface area contributed by atoms with Crippen LogP contribution in [-0.2, 0) is 0 Å². The lowest BCUT2D eigenvalue weighted by molar-refractivity contribution is 0.0919. The molecule has 1 heterocycles. The highest BCUT2D eigenvalue weighted by molar-refractivity contribution is 7.12. The molecular formula is C14H10Cl2O2S. The van der Waals surface area contributed by atoms with Crippen LogP contribution in [0.4, 0.5) is 0 Å². The minimum absolute atomic E-state index is 0.0200. The van der Waals surface area contributed by atoms with Crippen molar-refractivity contribution in [1.29, 1.82) is 0 Å². The molecule has 5 heteroatoms. The SMILES string of the molecule is O=C(CCC(=O)c1ccc(Cl)cc1Cl)c1cccs1. The summed E-state index contributed by atoms with van der Waals surface area (Å²) in [5.41, 5.74) is 0.407. The van der Waals surface area contributed by atoms with Crippen LogP contribution >= 0.6 is 34.5 Å². The molecule has 1 aromatic heterocycles. The molecule has 19 heavy (non-hydrogen) atoms. The summed E-state index contributed by atoms with van der Waals surface area (Å²) in [6.45, 7) is 0. The highest BCUT2D eigenvalue weighted by Crippen LogP contribution is 2.23. The van der Waals surface area contributed by atoms with E-state index in [0.717, 1.165) is 0 Å². The number of hydrogen-bond donors (Lipinski definition) is 0. The van der Waals surface area contributed by atoms with Crippen LogP contribution in [0.25, 0.3) is 0 Å². The molecule has 0 unspecified atom stereocenters. The van der Waals surface area contributed by atoms with Crippen LogP contribution in [-0.4, -0.2) is 11.6 Å². The quantitative estimate of drug-likeness (QED) is 0.736. The van der Waals surface area contributed by atoms with Crippen LogP contribution < -0.4 is 0 Å². The fraction of sp³-hybridized carbons (Fsp3) is 0.143. The Hall–Kier alpha value is -1.16. The molecule has 0 aliphatic carbocycles. The van der Waals surface area contributed by atoms with E-state index in [1.807, 2.05) is 11.4 Å². The molecular weight excluding hydrogens is 303 g/mol. The molecule has 98 valence electrons. The van der Waals surface area contributed by atoms with Gasteiger partial charge in [-0.25, -0.2) is 0 Å². The standard InChI is InChI=1S/C14H10Cl2O2S/c15-9-3-4-10(11(16)8-9)12(17)5-6-13(18)14-2-1-7-19-14/h1-4,7-8H,5-6H2. The highest BCUT2D eigenvalue weighted by Gasteiger charge is 2.14. The number of hydrogen-bond acceptors (Lipinski definition) is 3. The number of thiophene rings is 1. The van der Waals surface area contributed by atoms with Gasteiger partial charge in [0.15, 0.2) is 11.6 Å². The minimum Gasteiger partial charge on any atom is -0.294 e. The van der Waals surface area contributed by atoms with Crippen molar-refractivity contribution in [3.63, 3.8) is 0 Å². The summed E-state index contributed by atoms with van der Waals surface area (Å²) in [6, 6.07) is 8.30. The molecule has 0 bridgehead atoms. The first kappa shape index (κ1) is 14.3. The lowest BCUT2D eigenvalue weighted by atomic mass is 10.0. The largest absolute Gasteiger partial charge is 0.294 e. The van der Waals surface area contributed by atoms with E-state index >= 15 is 0 Å². The zero-order valence-corrected chi connectivity index (χ0v) is 12.2. The minimum atomic E-state index is -0.147. The van der Waals surface area contributed by atoms with Gasteiger partial charge >= 0.3 is 0 Å². The second-order valence-corrected chi connectivity index (χ2v) is 5.74. The Labute approximate surface area is 125 Å². The number of carbonyl (C=O) groups is 2. The number of carbonyl (C=O) groups excluding carboxylic acids is 2. The van der Waals surface area contributed by atoms with Crippen molar-refractivity contribution < 1.29 is 9.59 Å². The van der Waals surface area contributed by atoms with Gasteiger partial charge in [0.25, 0.3) is 0 Å². The van der Waals surface area contributed by atoms with E-state index in [2.05, 4.69) is 0 Å². The van der Waals surface area contributed by atoms with Gasteiger partial charge in [-0.05, 0) is 29.6 Å². The van der Waals surface area contributed by atoms with Crippen molar-refractivity contribution in [2.24, 2.45) is 0 Å². The van der Waals surface area contributed by atoms with Crippen LogP contribution in [0.15, 0.2) is 35.7 Å². The summed E-state index contributed by atoms with van der Waals surface area (Å²) in [4.78, 5) is 24.4. The third kappa shape index (κ3) is 3.66. The summed E-state index contributed by atoms with van der Waals surface area (Å²) in [7, 11) is 0. The Balaban J connectivity index is 2.00. The third-order valence-corrected chi connectivity index (χ3v) is 4.07. The van der Waals surface area contributed by atoms with Crippen molar-refractivity contribution in [2.75, 3.05) is 0 Å². The van der Waals surface area contributed by atoms with Crippen LogP contribution in [0.5, 0.6) is 0 Å². The summed E-state index contributed by atoms with van der Waals surface area (Å²) >= 11 is 13.1. The first-order valence-corrected chi connectivity index (χ1v) is 7.26. The predicted molar refractivity (Wildman–Crippen MR) is 78.7 cm³/mol. The van der Waals surface area contributed by atoms with Gasteiger partial charge in [-0.2, -0.15) is 0 Å². The molecule has 0 saturated heterocycles. The number of halogens is 2. The van der Waals surface area contributed by atoms with Gasteiger partial charge in [-0.3, -0.25) is 9.59 Å². The monoisotopic (exact) mass is 312 g/mol. The second-order valence-electron chi connectivity index (χ2n) is 3.95. The molecule has 0 spiro atoms. The molecule has 0 aliphatic rings. The first-order valence-electron chi connectivity index (χ1n) is 5.63. The van der Waals surface area contributed by atoms with E-state index in [1.54, 1.807) is 18.2 Å². The molecule has 0 amide bonds. The van der Waals surface area contributed by atoms with Gasteiger partial charge in [0.1, 0.15) is 0 Å². The number of rotatable bonds is 5. The summed E-state index contributed by atoms with van der Waals surface area (Å²) < 4.78 is 0. The van der Waals surface area contributed by atoms with E-state index in [0.29, 0.717) is 20.5 Å². The van der Waals surface area contributed by atoms with Crippen molar-refractivity contribution in [3.8, 4) is 0 Å². The van der Waals surface area contributed by atoms with E-state index in [9.17, 15) is 9.59 Å². The topological polar surface area (TPSA) is 34.1 Å². The molecule has 2 aromatic rings. The maximum atomic E-state index is 12.0. The van der Waals surface area contributed by atoms with Crippen molar-refractivity contribution in [2.45, 2.75) is 12.8 Å². The van der Waals surface area contributed by atoms with Gasteiger partial charge in [0.2, 0.25) is 0 Å². The lowest BCUT2D eigenvalue weighted by Gasteiger charge is -2.03. The molecule has 0 saturated carbocycles. The van der Waals surface area contributed by atoms with Crippen molar-refractivity contribution in [1.82, 2.24) is 0 Å². The molecule has 2 nitrogen and oxygen atoms in total. The molecule has 0 aliphatic heterocycles. The molecule has 0 atom stereocenters. The Bertz CT molecular complexity index is 606. The Morgan fingerprint density at radius 3 is 2.42 bits per heavy atom. The molecule has 0 fully saturated rings. The number of benzene rings is 1. The van der Waals surface area contributed by atoms with Crippen molar-refractivity contribution in [3.05, 3.63) is 56.2 Å². The van der Waals surface area contributed by atoms with Gasteiger partial charge in [0.05, 0.1) is 9.90 Å². The Kier molecular flexibility index (Phi) is 4.75. The van der Waals surface area contributed by atoms with E-state index in [4.69, 9.17) is 23.2 Å². The lowest BCUT2D eigenvalue weighted by Crippen LogP contribution is -2.04. The second kappa shape index (κ2) is 6.33. The van der Waals surface area contributed by atoms with E-state index in [-0.39, 0.29) is 24.4 Å². The highest BCUT2D eigenvalue weighted by atomic mass is 35.5. The zero-order valence-electron chi connectivity index (χ0n) is 9.86. The average molecular weight is 313 g/mol. The normalized spacial score (nSPS) is 10.4. The Morgan fingerprint density at radius 1 is 1.05 bits per heavy atom. The average Bonchev–Trinajstić information content (AvgIpc) is 2.89. The van der Waals surface area contributed by atoms with Gasteiger partial charge < -0.3 is 0 Å². The van der Waals surface area contributed by atoms with Crippen molar-refractivity contribution >= 4 is 46.1 Å². The fourth-order valence-corrected chi connectivity index (χ4v) is 2.85. The van der Waals surface area contributed by atoms with Gasteiger partial charge in [0, 0.05) is 23.4 Å². The smallest absolute Gasteiger partial charge is 0.173 e. The Morgan fingerprint density at radius 2 is 1.79 bits per heavy atom. The molecule has 2 rings (SSSR count). The number of Topliss-reactive ketones (excluding diaryl/α,β-unsaturated/α-hetero) is 2. The molecule has 0 radical (unpaired) electrons. The zero-order chi connectivity index (χ0) is 13.8. The summed E-state index contributed by atoms with van der Waals surface area (Å²) in [5.74, 6) is -0.167. The molecule has 0 N–H and O–H groups in total. The van der Waals surface area contributed by atoms with Crippen LogP contribution in [0.1, 0.15) is 32.9 Å². The van der Waals surface area contributed by atoms with E-state index in [1.165, 1.54) is 17.4 Å². The third-order valence-electron chi connectivity index (χ3n) is 2.61. The maximum Gasteiger partial charge on any atom is 0.173 e. The van der Waals surface area contributed by atoms with Gasteiger partial charge in [-0.15, -0.1) is 11.3 Å².